The molecule has 3 aromatic heterocycles. The molecule has 11 heteroatoms. The molecule has 2 bridgehead atoms. The highest BCUT2D eigenvalue weighted by Gasteiger charge is 2.52. The molecule has 1 aromatic carbocycles. The molecule has 3 aliphatic heterocycles. The maximum absolute atomic E-state index is 14.7. The molecule has 2 atom stereocenters. The van der Waals surface area contributed by atoms with Crippen LogP contribution in [0.3, 0.4) is 0 Å². The Morgan fingerprint density at radius 3 is 2.77 bits per heavy atom. The molecule has 10 nitrogen and oxygen atoms in total. The highest BCUT2D eigenvalue weighted by atomic mass is 19.1. The van der Waals surface area contributed by atoms with Crippen molar-refractivity contribution in [3.05, 3.63) is 53.9 Å². The SMILES string of the molecule is Cc1cn2cc(NC(=O)c3ccc(N4C[C@@H](C)N[C@@H](C)C4)c4cnc(OCC56CC(CO5)C6)nc34)cc(F)c2n1. The normalized spacial score (nSPS) is 25.8. The molecule has 4 fully saturated rings. The van der Waals surface area contributed by atoms with E-state index in [1.807, 2.05) is 6.07 Å². The van der Waals surface area contributed by atoms with Gasteiger partial charge in [0.2, 0.25) is 0 Å². The van der Waals surface area contributed by atoms with Crippen LogP contribution in [0.1, 0.15) is 42.7 Å². The van der Waals surface area contributed by atoms with Gasteiger partial charge in [0.05, 0.1) is 29.1 Å². The molecule has 208 valence electrons. The second-order valence-corrected chi connectivity index (χ2v) is 11.6. The number of fused-ring (bicyclic) bond motifs is 3. The smallest absolute Gasteiger partial charge is 0.317 e. The lowest BCUT2D eigenvalue weighted by Crippen LogP contribution is -2.54. The summed E-state index contributed by atoms with van der Waals surface area (Å²) in [7, 11) is 0. The number of hydrogen-bond donors (Lipinski definition) is 2. The Labute approximate surface area is 230 Å². The molecule has 1 aliphatic carbocycles. The molecule has 0 unspecified atom stereocenters. The van der Waals surface area contributed by atoms with Crippen LogP contribution in [-0.4, -0.2) is 69.2 Å². The van der Waals surface area contributed by atoms with E-state index >= 15 is 0 Å². The van der Waals surface area contributed by atoms with Gasteiger partial charge in [-0.1, -0.05) is 0 Å². The number of rotatable bonds is 6. The maximum atomic E-state index is 14.7. The first-order chi connectivity index (χ1) is 19.2. The van der Waals surface area contributed by atoms with Gasteiger partial charge >= 0.3 is 6.01 Å². The number of nitrogens with one attached hydrogen (secondary N) is 2. The summed E-state index contributed by atoms with van der Waals surface area (Å²) in [5, 5.41) is 7.16. The molecule has 0 spiro atoms. The van der Waals surface area contributed by atoms with Crippen LogP contribution in [0.15, 0.2) is 36.8 Å². The number of aryl methyl sites for hydroxylation is 1. The number of anilines is 2. The average Bonchev–Trinajstić information content (AvgIpc) is 3.60. The molecule has 1 saturated carbocycles. The summed E-state index contributed by atoms with van der Waals surface area (Å²) < 4.78 is 28.2. The number of amides is 1. The molecule has 1 amide bonds. The summed E-state index contributed by atoms with van der Waals surface area (Å²) in [6, 6.07) is 5.80. The van der Waals surface area contributed by atoms with Crippen LogP contribution >= 0.6 is 0 Å². The van der Waals surface area contributed by atoms with E-state index in [2.05, 4.69) is 39.3 Å². The van der Waals surface area contributed by atoms with Crippen molar-refractivity contribution in [2.45, 2.75) is 51.3 Å². The third kappa shape index (κ3) is 4.43. The second-order valence-electron chi connectivity index (χ2n) is 11.6. The van der Waals surface area contributed by atoms with Crippen molar-refractivity contribution in [2.24, 2.45) is 5.92 Å². The first-order valence-electron chi connectivity index (χ1n) is 13.8. The van der Waals surface area contributed by atoms with Crippen molar-refractivity contribution in [3.8, 4) is 6.01 Å². The van der Waals surface area contributed by atoms with Crippen molar-refractivity contribution < 1.29 is 18.7 Å². The number of carbonyl (C=O) groups excluding carboxylic acids is 1. The zero-order valence-corrected chi connectivity index (χ0v) is 22.8. The van der Waals surface area contributed by atoms with E-state index < -0.39 is 11.7 Å². The average molecular weight is 546 g/mol. The number of benzene rings is 1. The quantitative estimate of drug-likeness (QED) is 0.378. The lowest BCUT2D eigenvalue weighted by molar-refractivity contribution is -0.0379. The van der Waals surface area contributed by atoms with Gasteiger partial charge in [-0.3, -0.25) is 4.79 Å². The number of ether oxygens (including phenoxy) is 2. The fraction of sp³-hybridized carbons (Fsp3) is 0.448. The summed E-state index contributed by atoms with van der Waals surface area (Å²) in [6.45, 7) is 8.89. The number of nitrogens with zero attached hydrogens (tertiary/aromatic N) is 5. The highest BCUT2D eigenvalue weighted by molar-refractivity contribution is 6.13. The summed E-state index contributed by atoms with van der Waals surface area (Å²) in [5.41, 5.74) is 2.76. The Hall–Kier alpha value is -3.83. The summed E-state index contributed by atoms with van der Waals surface area (Å²) in [5.74, 6) is -0.297. The van der Waals surface area contributed by atoms with Gasteiger partial charge in [-0.05, 0) is 51.7 Å². The molecular formula is C29H32FN7O3. The number of hydrogen-bond acceptors (Lipinski definition) is 8. The van der Waals surface area contributed by atoms with Gasteiger partial charge in [0, 0.05) is 60.9 Å². The van der Waals surface area contributed by atoms with Crippen molar-refractivity contribution in [1.82, 2.24) is 24.7 Å². The summed E-state index contributed by atoms with van der Waals surface area (Å²) in [4.78, 5) is 29.3. The Morgan fingerprint density at radius 2 is 2.02 bits per heavy atom. The van der Waals surface area contributed by atoms with E-state index in [1.54, 1.807) is 36.0 Å². The Bertz CT molecular complexity index is 1620. The van der Waals surface area contributed by atoms with E-state index in [0.29, 0.717) is 47.1 Å². The molecule has 8 rings (SSSR count). The van der Waals surface area contributed by atoms with Gasteiger partial charge in [-0.25, -0.2) is 14.4 Å². The molecule has 6 heterocycles. The Morgan fingerprint density at radius 1 is 1.23 bits per heavy atom. The van der Waals surface area contributed by atoms with Crippen LogP contribution in [0.2, 0.25) is 0 Å². The van der Waals surface area contributed by atoms with Crippen molar-refractivity contribution in [1.29, 1.82) is 0 Å². The predicted molar refractivity (Wildman–Crippen MR) is 149 cm³/mol. The van der Waals surface area contributed by atoms with Gasteiger partial charge in [-0.15, -0.1) is 0 Å². The van der Waals surface area contributed by atoms with Crippen LogP contribution in [0.25, 0.3) is 16.6 Å². The third-order valence-electron chi connectivity index (χ3n) is 8.14. The van der Waals surface area contributed by atoms with E-state index in [4.69, 9.17) is 14.5 Å². The van der Waals surface area contributed by atoms with Crippen LogP contribution in [0.5, 0.6) is 6.01 Å². The first-order valence-corrected chi connectivity index (χ1v) is 13.8. The zero-order valence-electron chi connectivity index (χ0n) is 22.8. The highest BCUT2D eigenvalue weighted by Crippen LogP contribution is 2.48. The predicted octanol–water partition coefficient (Wildman–Crippen LogP) is 3.72. The Balaban J connectivity index is 1.24. The number of aromatic nitrogens is 4. The second kappa shape index (κ2) is 9.38. The Kier molecular flexibility index (Phi) is 5.90. The standard InChI is InChI=1S/C29H32FN7O3/c1-16-10-36(11-17(2)32-16)24-5-4-21(27(38)34-20-6-23(30)26-33-18(3)12-37(26)13-20)25-22(24)9-31-28(35-25)39-15-29-7-19(8-29)14-40-29/h4-6,9,12-13,16-17,19,32H,7-8,10-11,14-15H2,1-3H3,(H,34,38)/t16-,17+,19?,29?. The largest absolute Gasteiger partial charge is 0.460 e. The van der Waals surface area contributed by atoms with E-state index in [9.17, 15) is 9.18 Å². The molecule has 0 radical (unpaired) electrons. The first kappa shape index (κ1) is 25.2. The van der Waals surface area contributed by atoms with Gasteiger partial charge in [0.15, 0.2) is 11.5 Å². The van der Waals surface area contributed by atoms with E-state index in [-0.39, 0.29) is 17.3 Å². The van der Waals surface area contributed by atoms with Gasteiger partial charge < -0.3 is 29.4 Å². The van der Waals surface area contributed by atoms with Gasteiger partial charge in [0.25, 0.3) is 5.91 Å². The minimum Gasteiger partial charge on any atom is -0.460 e. The fourth-order valence-electron chi connectivity index (χ4n) is 6.47. The summed E-state index contributed by atoms with van der Waals surface area (Å²) in [6.07, 6.45) is 7.08. The van der Waals surface area contributed by atoms with Crippen molar-refractivity contribution in [2.75, 3.05) is 36.5 Å². The van der Waals surface area contributed by atoms with Crippen LogP contribution in [-0.2, 0) is 4.74 Å². The molecule has 4 aliphatic rings. The van der Waals surface area contributed by atoms with Crippen molar-refractivity contribution >= 4 is 33.8 Å². The van der Waals surface area contributed by atoms with E-state index in [0.717, 1.165) is 43.6 Å². The number of carbonyl (C=O) groups is 1. The minimum absolute atomic E-state index is 0.204. The lowest BCUT2D eigenvalue weighted by atomic mass is 9.75. The summed E-state index contributed by atoms with van der Waals surface area (Å²) >= 11 is 0. The number of pyridine rings is 1. The lowest BCUT2D eigenvalue weighted by Gasteiger charge is -2.38. The van der Waals surface area contributed by atoms with Gasteiger partial charge in [0.1, 0.15) is 12.2 Å². The molecule has 4 aromatic rings. The maximum Gasteiger partial charge on any atom is 0.317 e. The van der Waals surface area contributed by atoms with E-state index in [1.165, 1.54) is 6.07 Å². The molecule has 3 saturated heterocycles. The number of piperazine rings is 1. The van der Waals surface area contributed by atoms with Crippen LogP contribution in [0.4, 0.5) is 15.8 Å². The number of imidazole rings is 1. The third-order valence-corrected chi connectivity index (χ3v) is 8.14. The van der Waals surface area contributed by atoms with Gasteiger partial charge in [-0.2, -0.15) is 4.98 Å². The monoisotopic (exact) mass is 545 g/mol. The molecule has 2 N–H and O–H groups in total. The van der Waals surface area contributed by atoms with Crippen molar-refractivity contribution in [3.63, 3.8) is 0 Å². The molecular weight excluding hydrogens is 513 g/mol. The fourth-order valence-corrected chi connectivity index (χ4v) is 6.47. The van der Waals surface area contributed by atoms with Crippen LogP contribution in [0, 0.1) is 18.7 Å². The topological polar surface area (TPSA) is 106 Å². The molecule has 40 heavy (non-hydrogen) atoms. The minimum atomic E-state index is -0.516. The zero-order chi connectivity index (χ0) is 27.6. The van der Waals surface area contributed by atoms with Crippen LogP contribution < -0.4 is 20.3 Å². The number of halogens is 1.